The van der Waals surface area contributed by atoms with Crippen molar-refractivity contribution in [2.75, 3.05) is 11.9 Å². The zero-order chi connectivity index (χ0) is 19.8. The summed E-state index contributed by atoms with van der Waals surface area (Å²) < 4.78 is 4.90. The number of carbonyl (C=O) groups excluding carboxylic acids is 2. The predicted molar refractivity (Wildman–Crippen MR) is 102 cm³/mol. The molecule has 0 saturated carbocycles. The number of non-ortho nitro benzene ring substituents is 1. The Labute approximate surface area is 156 Å². The number of esters is 1. The lowest BCUT2D eigenvalue weighted by Crippen LogP contribution is -2.21. The van der Waals surface area contributed by atoms with Crippen LogP contribution in [0.4, 0.5) is 11.4 Å². The Kier molecular flexibility index (Phi) is 6.82. The van der Waals surface area contributed by atoms with Gasteiger partial charge in [0.1, 0.15) is 0 Å². The highest BCUT2D eigenvalue weighted by Crippen LogP contribution is 2.23. The number of anilines is 1. The molecule has 1 N–H and O–H groups in total. The first-order valence-corrected chi connectivity index (χ1v) is 8.35. The molecule has 0 aliphatic carbocycles. The molecule has 7 heteroatoms. The highest BCUT2D eigenvalue weighted by Gasteiger charge is 2.10. The number of rotatable bonds is 7. The number of ether oxygens (including phenoxy) is 1. The van der Waals surface area contributed by atoms with Crippen molar-refractivity contribution in [2.45, 2.75) is 19.8 Å². The van der Waals surface area contributed by atoms with Gasteiger partial charge in [0.25, 0.3) is 11.6 Å². The van der Waals surface area contributed by atoms with E-state index >= 15 is 0 Å². The van der Waals surface area contributed by atoms with Gasteiger partial charge in [-0.1, -0.05) is 44.2 Å². The summed E-state index contributed by atoms with van der Waals surface area (Å²) in [7, 11) is 0. The highest BCUT2D eigenvalue weighted by atomic mass is 16.6. The van der Waals surface area contributed by atoms with E-state index in [2.05, 4.69) is 5.32 Å². The SMILES string of the molecule is CC(C)c1ccccc1NC(=O)COC(=O)/C=C/c1cccc([N+](=O)[O-])c1. The standard InChI is InChI=1S/C20H20N2O5/c1-14(2)17-8-3-4-9-18(17)21-19(23)13-27-20(24)11-10-15-6-5-7-16(12-15)22(25)26/h3-12,14H,13H2,1-2H3,(H,21,23)/b11-10+. The molecule has 0 bridgehead atoms. The van der Waals surface area contributed by atoms with Crippen LogP contribution in [0.3, 0.4) is 0 Å². The third-order valence-electron chi connectivity index (χ3n) is 3.70. The molecule has 0 spiro atoms. The van der Waals surface area contributed by atoms with Crippen molar-refractivity contribution in [1.29, 1.82) is 0 Å². The van der Waals surface area contributed by atoms with Gasteiger partial charge in [0, 0.05) is 23.9 Å². The minimum Gasteiger partial charge on any atom is -0.452 e. The fourth-order valence-electron chi connectivity index (χ4n) is 2.39. The molecule has 1 amide bonds. The van der Waals surface area contributed by atoms with Gasteiger partial charge in [-0.3, -0.25) is 14.9 Å². The molecule has 0 saturated heterocycles. The summed E-state index contributed by atoms with van der Waals surface area (Å²) in [4.78, 5) is 34.0. The molecule has 0 unspecified atom stereocenters. The Morgan fingerprint density at radius 3 is 2.63 bits per heavy atom. The number of hydrogen-bond donors (Lipinski definition) is 1. The van der Waals surface area contributed by atoms with Gasteiger partial charge in [0.15, 0.2) is 6.61 Å². The zero-order valence-corrected chi connectivity index (χ0v) is 15.0. The first kappa shape index (κ1) is 19.8. The lowest BCUT2D eigenvalue weighted by Gasteiger charge is -2.13. The normalized spacial score (nSPS) is 10.8. The molecular formula is C20H20N2O5. The number of amides is 1. The summed E-state index contributed by atoms with van der Waals surface area (Å²) in [6.45, 7) is 3.61. The molecule has 0 aromatic heterocycles. The first-order chi connectivity index (χ1) is 12.9. The number of nitro benzene ring substituents is 1. The number of benzene rings is 2. The minimum atomic E-state index is -0.714. The first-order valence-electron chi connectivity index (χ1n) is 8.35. The quantitative estimate of drug-likeness (QED) is 0.346. The van der Waals surface area contributed by atoms with Crippen molar-refractivity contribution in [3.8, 4) is 0 Å². The average Bonchev–Trinajstić information content (AvgIpc) is 2.65. The molecule has 0 fully saturated rings. The van der Waals surface area contributed by atoms with Gasteiger partial charge in [-0.05, 0) is 29.2 Å². The third-order valence-corrected chi connectivity index (χ3v) is 3.70. The number of para-hydroxylation sites is 1. The monoisotopic (exact) mass is 368 g/mol. The molecule has 0 aliphatic heterocycles. The van der Waals surface area contributed by atoms with Crippen LogP contribution >= 0.6 is 0 Å². The van der Waals surface area contributed by atoms with Crippen molar-refractivity contribution in [2.24, 2.45) is 0 Å². The third kappa shape index (κ3) is 6.07. The van der Waals surface area contributed by atoms with E-state index in [9.17, 15) is 19.7 Å². The predicted octanol–water partition coefficient (Wildman–Crippen LogP) is 3.91. The number of hydrogen-bond acceptors (Lipinski definition) is 5. The van der Waals surface area contributed by atoms with E-state index in [-0.39, 0.29) is 11.6 Å². The number of nitrogens with one attached hydrogen (secondary N) is 1. The van der Waals surface area contributed by atoms with Crippen molar-refractivity contribution in [3.05, 3.63) is 75.8 Å². The second-order valence-corrected chi connectivity index (χ2v) is 6.08. The number of nitro groups is 1. The average molecular weight is 368 g/mol. The largest absolute Gasteiger partial charge is 0.452 e. The van der Waals surface area contributed by atoms with Crippen molar-refractivity contribution in [1.82, 2.24) is 0 Å². The molecule has 2 aromatic carbocycles. The van der Waals surface area contributed by atoms with Gasteiger partial charge in [-0.2, -0.15) is 0 Å². The van der Waals surface area contributed by atoms with Crippen molar-refractivity contribution >= 4 is 29.3 Å². The van der Waals surface area contributed by atoms with E-state index in [0.717, 1.165) is 11.6 Å². The fourth-order valence-corrected chi connectivity index (χ4v) is 2.39. The van der Waals surface area contributed by atoms with Crippen LogP contribution in [0.5, 0.6) is 0 Å². The smallest absolute Gasteiger partial charge is 0.331 e. The van der Waals surface area contributed by atoms with Crippen LogP contribution in [0.1, 0.15) is 30.9 Å². The molecular weight excluding hydrogens is 348 g/mol. The maximum Gasteiger partial charge on any atom is 0.331 e. The van der Waals surface area contributed by atoms with Gasteiger partial charge in [0.05, 0.1) is 4.92 Å². The number of carbonyl (C=O) groups is 2. The Morgan fingerprint density at radius 1 is 1.19 bits per heavy atom. The van der Waals surface area contributed by atoms with Crippen LogP contribution in [0.2, 0.25) is 0 Å². The summed E-state index contributed by atoms with van der Waals surface area (Å²) in [6, 6.07) is 13.2. The van der Waals surface area contributed by atoms with E-state index in [1.165, 1.54) is 24.3 Å². The molecule has 0 heterocycles. The van der Waals surface area contributed by atoms with Gasteiger partial charge < -0.3 is 10.1 Å². The Bertz CT molecular complexity index is 874. The van der Waals surface area contributed by atoms with E-state index in [1.807, 2.05) is 32.0 Å². The fraction of sp³-hybridized carbons (Fsp3) is 0.200. The topological polar surface area (TPSA) is 98.5 Å². The number of nitrogens with zero attached hydrogens (tertiary/aromatic N) is 1. The maximum atomic E-state index is 12.0. The molecule has 0 radical (unpaired) electrons. The minimum absolute atomic E-state index is 0.0753. The van der Waals surface area contributed by atoms with E-state index < -0.39 is 23.4 Å². The van der Waals surface area contributed by atoms with Crippen LogP contribution < -0.4 is 5.32 Å². The molecule has 140 valence electrons. The van der Waals surface area contributed by atoms with E-state index in [0.29, 0.717) is 11.3 Å². The summed E-state index contributed by atoms with van der Waals surface area (Å²) in [6.07, 6.45) is 2.51. The van der Waals surface area contributed by atoms with Crippen LogP contribution in [0.15, 0.2) is 54.6 Å². The van der Waals surface area contributed by atoms with Gasteiger partial charge >= 0.3 is 5.97 Å². The van der Waals surface area contributed by atoms with Crippen LogP contribution in [-0.2, 0) is 14.3 Å². The Hall–Kier alpha value is -3.48. The summed E-state index contributed by atoms with van der Waals surface area (Å²) >= 11 is 0. The van der Waals surface area contributed by atoms with Gasteiger partial charge in [0.2, 0.25) is 0 Å². The second-order valence-electron chi connectivity index (χ2n) is 6.08. The maximum absolute atomic E-state index is 12.0. The van der Waals surface area contributed by atoms with Gasteiger partial charge in [-0.15, -0.1) is 0 Å². The zero-order valence-electron chi connectivity index (χ0n) is 15.0. The lowest BCUT2D eigenvalue weighted by molar-refractivity contribution is -0.384. The lowest BCUT2D eigenvalue weighted by atomic mass is 10.0. The van der Waals surface area contributed by atoms with Crippen LogP contribution in [0.25, 0.3) is 6.08 Å². The molecule has 2 rings (SSSR count). The Balaban J connectivity index is 1.89. The van der Waals surface area contributed by atoms with E-state index in [4.69, 9.17) is 4.74 Å². The summed E-state index contributed by atoms with van der Waals surface area (Å²) in [5.41, 5.74) is 2.08. The summed E-state index contributed by atoms with van der Waals surface area (Å²) in [5.74, 6) is -0.920. The molecule has 0 atom stereocenters. The van der Waals surface area contributed by atoms with Crippen LogP contribution in [0, 0.1) is 10.1 Å². The second kappa shape index (κ2) is 9.28. The highest BCUT2D eigenvalue weighted by molar-refractivity contribution is 5.95. The molecule has 0 aliphatic rings. The van der Waals surface area contributed by atoms with Crippen LogP contribution in [-0.4, -0.2) is 23.4 Å². The van der Waals surface area contributed by atoms with E-state index in [1.54, 1.807) is 12.1 Å². The van der Waals surface area contributed by atoms with Crippen molar-refractivity contribution < 1.29 is 19.2 Å². The molecule has 7 nitrogen and oxygen atoms in total. The summed E-state index contributed by atoms with van der Waals surface area (Å²) in [5, 5.41) is 13.5. The van der Waals surface area contributed by atoms with Gasteiger partial charge in [-0.25, -0.2) is 4.79 Å². The Morgan fingerprint density at radius 2 is 1.93 bits per heavy atom. The molecule has 2 aromatic rings. The van der Waals surface area contributed by atoms with Crippen molar-refractivity contribution in [3.63, 3.8) is 0 Å². The molecule has 27 heavy (non-hydrogen) atoms.